The minimum atomic E-state index is -1.36. The summed E-state index contributed by atoms with van der Waals surface area (Å²) >= 11 is 27.2. The maximum absolute atomic E-state index is 5.53. The van der Waals surface area contributed by atoms with Gasteiger partial charge in [-0.15, -0.1) is 23.2 Å². The van der Waals surface area contributed by atoms with Crippen molar-refractivity contribution in [1.82, 2.24) is 0 Å². The minimum absolute atomic E-state index is 0.119. The summed E-state index contributed by atoms with van der Waals surface area (Å²) in [5.41, 5.74) is 0. The average molecular weight is 230 g/mol. The first-order chi connectivity index (χ1) is 3.71. The van der Waals surface area contributed by atoms with Gasteiger partial charge in [0.05, 0.1) is 0 Å². The Bertz CT molecular complexity index is 74.1. The monoisotopic (exact) mass is 228 g/mol. The van der Waals surface area contributed by atoms with Gasteiger partial charge in [0.1, 0.15) is 4.33 Å². The van der Waals surface area contributed by atoms with E-state index in [0.29, 0.717) is 0 Å². The van der Waals surface area contributed by atoms with Crippen LogP contribution in [0.25, 0.3) is 0 Å². The van der Waals surface area contributed by atoms with Gasteiger partial charge in [-0.05, 0) is 6.92 Å². The van der Waals surface area contributed by atoms with Crippen molar-refractivity contribution < 1.29 is 0 Å². The zero-order valence-electron chi connectivity index (χ0n) is 4.60. The third-order valence-electron chi connectivity index (χ3n) is 0.511. The molecule has 0 aromatic carbocycles. The van der Waals surface area contributed by atoms with E-state index in [1.54, 1.807) is 6.92 Å². The first kappa shape index (κ1) is 10.4. The van der Waals surface area contributed by atoms with Crippen LogP contribution in [0.3, 0.4) is 0 Å². The van der Waals surface area contributed by atoms with E-state index in [9.17, 15) is 0 Å². The predicted octanol–water partition coefficient (Wildman–Crippen LogP) is 3.94. The molecule has 0 aromatic rings. The number of hydrogen-bond donors (Lipinski definition) is 0. The fourth-order valence-electron chi connectivity index (χ4n) is 0.352. The Morgan fingerprint density at radius 1 is 1.00 bits per heavy atom. The van der Waals surface area contributed by atoms with Gasteiger partial charge in [0, 0.05) is 6.42 Å². The molecule has 0 unspecified atom stereocenters. The first-order valence-corrected chi connectivity index (χ1v) is 4.04. The van der Waals surface area contributed by atoms with Crippen molar-refractivity contribution in [3.63, 3.8) is 0 Å². The van der Waals surface area contributed by atoms with Crippen molar-refractivity contribution >= 4 is 58.0 Å². The lowest BCUT2D eigenvalue weighted by atomic mass is 10.3. The molecular formula is C4H5Cl5. The summed E-state index contributed by atoms with van der Waals surface area (Å²) in [7, 11) is 0. The van der Waals surface area contributed by atoms with E-state index in [1.165, 1.54) is 0 Å². The highest BCUT2D eigenvalue weighted by atomic mass is 35.6. The fraction of sp³-hybridized carbons (Fsp3) is 1.00. The highest BCUT2D eigenvalue weighted by molar-refractivity contribution is 6.68. The summed E-state index contributed by atoms with van der Waals surface area (Å²) in [6, 6.07) is 0. The van der Waals surface area contributed by atoms with Crippen LogP contribution >= 0.6 is 58.0 Å². The van der Waals surface area contributed by atoms with Gasteiger partial charge in [-0.2, -0.15) is 0 Å². The fourth-order valence-corrected chi connectivity index (χ4v) is 1.97. The van der Waals surface area contributed by atoms with Gasteiger partial charge in [-0.1, -0.05) is 34.8 Å². The van der Waals surface area contributed by atoms with E-state index in [-0.39, 0.29) is 6.42 Å². The molecule has 0 N–H and O–H groups in total. The van der Waals surface area contributed by atoms with Crippen molar-refractivity contribution in [1.29, 1.82) is 0 Å². The molecule has 0 aliphatic rings. The molecule has 0 saturated heterocycles. The smallest absolute Gasteiger partial charge is 0.102 e. The van der Waals surface area contributed by atoms with Gasteiger partial charge in [0.25, 0.3) is 0 Å². The topological polar surface area (TPSA) is 0 Å². The maximum Gasteiger partial charge on any atom is 0.193 e. The van der Waals surface area contributed by atoms with Crippen LogP contribution in [0.15, 0.2) is 0 Å². The van der Waals surface area contributed by atoms with E-state index in [0.717, 1.165) is 0 Å². The van der Waals surface area contributed by atoms with E-state index < -0.39 is 8.13 Å². The second kappa shape index (κ2) is 3.23. The van der Waals surface area contributed by atoms with Crippen LogP contribution in [0.1, 0.15) is 13.3 Å². The summed E-state index contributed by atoms with van der Waals surface area (Å²) in [5.74, 6) is 0. The second-order valence-corrected chi connectivity index (χ2v) is 6.24. The summed E-state index contributed by atoms with van der Waals surface area (Å²) in [6.07, 6.45) is 0.119. The zero-order chi connectivity index (χ0) is 7.71. The maximum atomic E-state index is 5.53. The van der Waals surface area contributed by atoms with Gasteiger partial charge in [0.15, 0.2) is 3.79 Å². The number of hydrogen-bond acceptors (Lipinski definition) is 0. The number of halogens is 5. The van der Waals surface area contributed by atoms with E-state index >= 15 is 0 Å². The Morgan fingerprint density at radius 2 is 1.33 bits per heavy atom. The largest absolute Gasteiger partial charge is 0.193 e. The van der Waals surface area contributed by atoms with Gasteiger partial charge < -0.3 is 0 Å². The Morgan fingerprint density at radius 3 is 1.33 bits per heavy atom. The summed E-state index contributed by atoms with van der Waals surface area (Å²) < 4.78 is -2.33. The highest BCUT2D eigenvalue weighted by Gasteiger charge is 2.30. The standard InChI is InChI=1S/C4H5Cl5/c1-3(5,6)2-4(7,8)9/h2H2,1H3. The third-order valence-corrected chi connectivity index (χ3v) is 1.18. The molecular weight excluding hydrogens is 225 g/mol. The summed E-state index contributed by atoms with van der Waals surface area (Å²) in [5, 5.41) is 0. The normalized spacial score (nSPS) is 14.0. The third kappa shape index (κ3) is 9.45. The molecule has 0 aromatic heterocycles. The lowest BCUT2D eigenvalue weighted by molar-refractivity contribution is 0.769. The van der Waals surface area contributed by atoms with Crippen LogP contribution in [0.4, 0.5) is 0 Å². The van der Waals surface area contributed by atoms with Crippen LogP contribution in [-0.4, -0.2) is 8.13 Å². The SMILES string of the molecule is CC(Cl)(Cl)CC(Cl)(Cl)Cl. The van der Waals surface area contributed by atoms with Crippen LogP contribution in [0.5, 0.6) is 0 Å². The molecule has 0 amide bonds. The van der Waals surface area contributed by atoms with Crippen molar-refractivity contribution in [2.75, 3.05) is 0 Å². The van der Waals surface area contributed by atoms with Gasteiger partial charge in [-0.3, -0.25) is 0 Å². The molecule has 0 heterocycles. The van der Waals surface area contributed by atoms with Gasteiger partial charge in [0.2, 0.25) is 0 Å². The lowest BCUT2D eigenvalue weighted by Gasteiger charge is -2.18. The first-order valence-electron chi connectivity index (χ1n) is 2.15. The molecule has 0 bridgehead atoms. The van der Waals surface area contributed by atoms with Crippen LogP contribution in [-0.2, 0) is 0 Å². The summed E-state index contributed by atoms with van der Waals surface area (Å²) in [4.78, 5) is 0. The van der Waals surface area contributed by atoms with Crippen molar-refractivity contribution in [2.45, 2.75) is 21.5 Å². The molecule has 0 spiro atoms. The Kier molecular flexibility index (Phi) is 3.75. The number of rotatable bonds is 1. The van der Waals surface area contributed by atoms with Crippen molar-refractivity contribution in [3.8, 4) is 0 Å². The zero-order valence-corrected chi connectivity index (χ0v) is 8.38. The second-order valence-electron chi connectivity index (χ2n) is 1.86. The average Bonchev–Trinajstić information content (AvgIpc) is 1.14. The van der Waals surface area contributed by atoms with Crippen LogP contribution in [0, 0.1) is 0 Å². The molecule has 0 aliphatic heterocycles. The molecule has 5 heteroatoms. The molecule has 0 aliphatic carbocycles. The van der Waals surface area contributed by atoms with E-state index in [1.807, 2.05) is 0 Å². The number of alkyl halides is 5. The lowest BCUT2D eigenvalue weighted by Crippen LogP contribution is -2.16. The van der Waals surface area contributed by atoms with Crippen LogP contribution in [0.2, 0.25) is 0 Å². The van der Waals surface area contributed by atoms with E-state index in [2.05, 4.69) is 0 Å². The Balaban J connectivity index is 3.75. The molecule has 0 fully saturated rings. The molecule has 0 atom stereocenters. The van der Waals surface area contributed by atoms with Gasteiger partial charge in [-0.25, -0.2) is 0 Å². The van der Waals surface area contributed by atoms with Gasteiger partial charge >= 0.3 is 0 Å². The summed E-state index contributed by atoms with van der Waals surface area (Å²) in [6.45, 7) is 1.57. The molecule has 0 radical (unpaired) electrons. The predicted molar refractivity (Wildman–Crippen MR) is 45.0 cm³/mol. The molecule has 56 valence electrons. The Labute approximate surface area is 79.4 Å². The molecule has 0 nitrogen and oxygen atoms in total. The highest BCUT2D eigenvalue weighted by Crippen LogP contribution is 2.39. The minimum Gasteiger partial charge on any atom is -0.102 e. The molecule has 9 heavy (non-hydrogen) atoms. The quantitative estimate of drug-likeness (QED) is 0.598. The van der Waals surface area contributed by atoms with Crippen LogP contribution < -0.4 is 0 Å². The van der Waals surface area contributed by atoms with Crippen molar-refractivity contribution in [2.24, 2.45) is 0 Å². The molecule has 0 rings (SSSR count). The molecule has 0 saturated carbocycles. The van der Waals surface area contributed by atoms with E-state index in [4.69, 9.17) is 58.0 Å². The Hall–Kier alpha value is 1.45. The van der Waals surface area contributed by atoms with Crippen molar-refractivity contribution in [3.05, 3.63) is 0 Å².